The molecule has 0 saturated heterocycles. The van der Waals surface area contributed by atoms with Crippen LogP contribution in [0.15, 0.2) is 24.8 Å². The largest absolute Gasteiger partial charge is 0.707 e. The van der Waals surface area contributed by atoms with Crippen LogP contribution in [-0.2, 0) is 81.9 Å². The van der Waals surface area contributed by atoms with E-state index in [0.717, 1.165) is 0 Å². The Labute approximate surface area is 151 Å². The van der Waals surface area contributed by atoms with Crippen LogP contribution in [0.2, 0.25) is 0 Å². The van der Waals surface area contributed by atoms with E-state index < -0.39 is 0 Å². The van der Waals surface area contributed by atoms with Crippen LogP contribution in [0.5, 0.6) is 0 Å². The Kier molecular flexibility index (Phi) is 49.0. The molecule has 0 aromatic heterocycles. The topological polar surface area (TPSA) is 123 Å². The fourth-order valence-corrected chi connectivity index (χ4v) is 0.471. The van der Waals surface area contributed by atoms with E-state index in [-0.39, 0.29) is 94.2 Å². The van der Waals surface area contributed by atoms with Crippen molar-refractivity contribution in [2.45, 2.75) is 0 Å². The van der Waals surface area contributed by atoms with Crippen molar-refractivity contribution in [1.29, 1.82) is 0 Å². The van der Waals surface area contributed by atoms with Crippen molar-refractivity contribution in [1.82, 2.24) is 0 Å². The van der Waals surface area contributed by atoms with E-state index >= 15 is 0 Å². The van der Waals surface area contributed by atoms with Crippen LogP contribution in [0.3, 0.4) is 0 Å². The van der Waals surface area contributed by atoms with Crippen LogP contribution < -0.4 is 0 Å². The van der Waals surface area contributed by atoms with Crippen LogP contribution in [0.25, 0.3) is 33.6 Å². The molecule has 0 bridgehead atoms. The number of nitrogens with two attached hydrogens (primary N) is 2. The van der Waals surface area contributed by atoms with Crippen molar-refractivity contribution in [2.24, 2.45) is 0 Å². The normalized spacial score (nSPS) is 11.7. The Hall–Kier alpha value is 1.37. The Balaban J connectivity index is -0.0000000333. The van der Waals surface area contributed by atoms with Gasteiger partial charge in [-0.2, -0.15) is 0 Å². The molecule has 0 aromatic rings. The molecule has 6 nitrogen and oxygen atoms in total. The fraction of sp³-hybridized carbons (Fsp3) is 0.333. The molecule has 2 heterocycles. The molecular formula is C6H12Cd3N6-6. The Bertz CT molecular complexity index is 115. The Morgan fingerprint density at radius 2 is 0.733 bits per heavy atom. The van der Waals surface area contributed by atoms with E-state index in [2.05, 4.69) is 21.3 Å². The maximum atomic E-state index is 3.74. The van der Waals surface area contributed by atoms with E-state index in [9.17, 15) is 0 Å². The van der Waals surface area contributed by atoms with Gasteiger partial charge in [-0.15, -0.1) is 0 Å². The summed E-state index contributed by atoms with van der Waals surface area (Å²) in [7, 11) is 0. The van der Waals surface area contributed by atoms with E-state index in [1.54, 1.807) is 24.8 Å². The fourth-order valence-electron chi connectivity index (χ4n) is 0.471. The second kappa shape index (κ2) is 24.5. The van der Waals surface area contributed by atoms with Crippen molar-refractivity contribution in [3.63, 3.8) is 0 Å². The minimum atomic E-state index is 0. The summed E-state index contributed by atoms with van der Waals surface area (Å²) in [5.41, 5.74) is 0. The summed E-state index contributed by atoms with van der Waals surface area (Å²) in [6, 6.07) is 0. The second-order valence-corrected chi connectivity index (χ2v) is 1.61. The summed E-state index contributed by atoms with van der Waals surface area (Å²) in [5, 5.41) is 14.9. The molecule has 0 aromatic carbocycles. The summed E-state index contributed by atoms with van der Waals surface area (Å²) in [4.78, 5) is 0. The summed E-state index contributed by atoms with van der Waals surface area (Å²) in [6.45, 7) is 1.28. The third-order valence-electron chi connectivity index (χ3n) is 0.882. The van der Waals surface area contributed by atoms with Gasteiger partial charge in [0.15, 0.2) is 0 Å². The molecule has 78 valence electrons. The maximum Gasteiger partial charge on any atom is 0 e. The molecule has 0 spiro atoms. The zero-order valence-corrected chi connectivity index (χ0v) is 20.9. The first-order valence-electron chi connectivity index (χ1n) is 2.96. The summed E-state index contributed by atoms with van der Waals surface area (Å²) in [5.74, 6) is 0. The van der Waals surface area contributed by atoms with Gasteiger partial charge in [-0.05, 0) is 0 Å². The van der Waals surface area contributed by atoms with Crippen molar-refractivity contribution in [3.05, 3.63) is 58.4 Å². The first-order chi connectivity index (χ1) is 5.00. The quantitative estimate of drug-likeness (QED) is 0.445. The predicted molar refractivity (Wildman–Crippen MR) is 52.0 cm³/mol. The van der Waals surface area contributed by atoms with Gasteiger partial charge in [0.05, 0.1) is 0 Å². The van der Waals surface area contributed by atoms with Crippen molar-refractivity contribution in [2.75, 3.05) is 13.3 Å². The van der Waals surface area contributed by atoms with Crippen LogP contribution in [0, 0.1) is 0 Å². The molecule has 2 rings (SSSR count). The molecule has 0 amide bonds. The van der Waals surface area contributed by atoms with E-state index in [1.165, 1.54) is 0 Å². The number of rotatable bonds is 0. The van der Waals surface area contributed by atoms with Gasteiger partial charge in [-0.3, -0.25) is 0 Å². The molecule has 2 aliphatic heterocycles. The minimum absolute atomic E-state index is 0. The van der Waals surface area contributed by atoms with E-state index in [4.69, 9.17) is 0 Å². The molecule has 9 heteroatoms. The number of hydrogen-bond donors (Lipinski definition) is 0. The van der Waals surface area contributed by atoms with Gasteiger partial charge in [-0.1, -0.05) is 0 Å². The third-order valence-corrected chi connectivity index (χ3v) is 0.882. The molecule has 0 unspecified atom stereocenters. The summed E-state index contributed by atoms with van der Waals surface area (Å²) < 4.78 is 0. The SMILES string of the molecule is C1=C[N-]C[N-]1.C1=C[N-]C[N-]1.[Cd].[Cd].[Cd].[NH2-].[NH2-]. The van der Waals surface area contributed by atoms with E-state index in [0.29, 0.717) is 13.3 Å². The molecule has 0 fully saturated rings. The minimum Gasteiger partial charge on any atom is -0.707 e. The smallest absolute Gasteiger partial charge is 0 e. The van der Waals surface area contributed by atoms with Gasteiger partial charge >= 0.3 is 0 Å². The molecule has 15 heavy (non-hydrogen) atoms. The summed E-state index contributed by atoms with van der Waals surface area (Å²) >= 11 is 0. The van der Waals surface area contributed by atoms with Crippen molar-refractivity contribution in [3.8, 4) is 0 Å². The summed E-state index contributed by atoms with van der Waals surface area (Å²) in [6.07, 6.45) is 6.78. The molecule has 0 radical (unpaired) electrons. The zero-order chi connectivity index (χ0) is 7.07. The van der Waals surface area contributed by atoms with Crippen LogP contribution in [-0.4, -0.2) is 13.3 Å². The number of nitrogens with zero attached hydrogens (tertiary/aromatic N) is 4. The molecule has 0 aliphatic carbocycles. The van der Waals surface area contributed by atoms with Crippen LogP contribution >= 0.6 is 0 Å². The average Bonchev–Trinajstić information content (AvgIpc) is 2.67. The molecule has 2 aliphatic rings. The average molecular weight is 505 g/mol. The van der Waals surface area contributed by atoms with Gasteiger partial charge < -0.3 is 33.6 Å². The standard InChI is InChI=1S/2C3H4N2.3Cd.2H2N/c2*1-2-5-3-4-1;;;;;/h2*1-2H,3H2;;;;2*1H2/q2*-2;;;;2*-1. The molecule has 0 saturated carbocycles. The molecule has 0 atom stereocenters. The van der Waals surface area contributed by atoms with Gasteiger partial charge in [-0.25, -0.2) is 38.1 Å². The van der Waals surface area contributed by atoms with Crippen LogP contribution in [0.1, 0.15) is 0 Å². The monoisotopic (exact) mass is 510 g/mol. The molecule has 4 N–H and O–H groups in total. The predicted octanol–water partition coefficient (Wildman–Crippen LogP) is 3.78. The first-order valence-corrected chi connectivity index (χ1v) is 2.96. The van der Waals surface area contributed by atoms with Crippen LogP contribution in [0.4, 0.5) is 0 Å². The first kappa shape index (κ1) is 29.9. The van der Waals surface area contributed by atoms with Gasteiger partial charge in [0.1, 0.15) is 0 Å². The van der Waals surface area contributed by atoms with E-state index in [1.807, 2.05) is 0 Å². The Morgan fingerprint density at radius 3 is 0.800 bits per heavy atom. The third kappa shape index (κ3) is 21.2. The number of hydrogen-bond acceptors (Lipinski definition) is 0. The van der Waals surface area contributed by atoms with Gasteiger partial charge in [0.2, 0.25) is 0 Å². The van der Waals surface area contributed by atoms with Crippen molar-refractivity contribution < 1.29 is 81.9 Å². The van der Waals surface area contributed by atoms with Crippen molar-refractivity contribution >= 4 is 0 Å². The molecular weight excluding hydrogens is 493 g/mol. The maximum absolute atomic E-state index is 3.74. The van der Waals surface area contributed by atoms with Gasteiger partial charge in [0.25, 0.3) is 0 Å². The Morgan fingerprint density at radius 1 is 0.533 bits per heavy atom. The zero-order valence-electron chi connectivity index (χ0n) is 8.79. The van der Waals surface area contributed by atoms with Gasteiger partial charge in [0, 0.05) is 81.9 Å². The second-order valence-electron chi connectivity index (χ2n) is 1.61.